The first-order chi connectivity index (χ1) is 9.49. The Bertz CT molecular complexity index is 459. The number of nitro groups is 1. The first-order valence-corrected chi connectivity index (χ1v) is 6.54. The first kappa shape index (κ1) is 16.1. The maximum Gasteiger partial charge on any atom is 0.323 e. The molecule has 6 heteroatoms. The molecule has 0 aromatic heterocycles. The van der Waals surface area contributed by atoms with Crippen LogP contribution in [0.2, 0.25) is 0 Å². The highest BCUT2D eigenvalue weighted by Gasteiger charge is 2.24. The van der Waals surface area contributed by atoms with Gasteiger partial charge in [-0.15, -0.1) is 0 Å². The molecule has 20 heavy (non-hydrogen) atoms. The van der Waals surface area contributed by atoms with E-state index in [0.717, 1.165) is 12.0 Å². The van der Waals surface area contributed by atoms with E-state index < -0.39 is 4.92 Å². The molecule has 0 saturated heterocycles. The van der Waals surface area contributed by atoms with Gasteiger partial charge in [-0.3, -0.25) is 14.9 Å². The third kappa shape index (κ3) is 4.31. The van der Waals surface area contributed by atoms with Crippen LogP contribution in [-0.2, 0) is 16.1 Å². The summed E-state index contributed by atoms with van der Waals surface area (Å²) in [5.41, 5.74) is 0.938. The van der Waals surface area contributed by atoms with Gasteiger partial charge in [-0.25, -0.2) is 0 Å². The van der Waals surface area contributed by atoms with Gasteiger partial charge in [-0.05, 0) is 11.5 Å². The van der Waals surface area contributed by atoms with Crippen molar-refractivity contribution in [1.82, 2.24) is 5.32 Å². The van der Waals surface area contributed by atoms with Gasteiger partial charge in [0.05, 0.1) is 12.0 Å². The second-order valence-electron chi connectivity index (χ2n) is 4.69. The number of non-ortho nitro benzene ring substituents is 1. The smallest absolute Gasteiger partial charge is 0.323 e. The van der Waals surface area contributed by atoms with Gasteiger partial charge in [0, 0.05) is 18.7 Å². The van der Waals surface area contributed by atoms with Gasteiger partial charge >= 0.3 is 5.97 Å². The summed E-state index contributed by atoms with van der Waals surface area (Å²) in [5.74, 6) is -0.137. The zero-order chi connectivity index (χ0) is 15.1. The number of methoxy groups -OCH3 is 1. The molecule has 1 aromatic rings. The Kier molecular flexibility index (Phi) is 6.11. The van der Waals surface area contributed by atoms with Crippen LogP contribution < -0.4 is 5.32 Å². The van der Waals surface area contributed by atoms with E-state index in [1.54, 1.807) is 12.1 Å². The van der Waals surface area contributed by atoms with Crippen molar-refractivity contribution >= 4 is 11.7 Å². The lowest BCUT2D eigenvalue weighted by molar-refractivity contribution is -0.384. The highest BCUT2D eigenvalue weighted by molar-refractivity contribution is 5.75. The fourth-order valence-electron chi connectivity index (χ4n) is 1.84. The van der Waals surface area contributed by atoms with Gasteiger partial charge < -0.3 is 10.1 Å². The third-order valence-electron chi connectivity index (χ3n) is 3.34. The van der Waals surface area contributed by atoms with Crippen molar-refractivity contribution in [2.75, 3.05) is 7.11 Å². The standard InChI is InChI=1S/C14H20N2O4/c1-4-10(2)13(14(17)20-3)15-9-11-5-7-12(8-6-11)16(18)19/h5-8,10,13,15H,4,9H2,1-3H3. The molecule has 0 fully saturated rings. The summed E-state index contributed by atoms with van der Waals surface area (Å²) in [4.78, 5) is 21.8. The number of hydrogen-bond donors (Lipinski definition) is 1. The van der Waals surface area contributed by atoms with E-state index in [0.29, 0.717) is 6.54 Å². The van der Waals surface area contributed by atoms with E-state index in [9.17, 15) is 14.9 Å². The number of nitrogens with one attached hydrogen (secondary N) is 1. The molecule has 0 bridgehead atoms. The molecular weight excluding hydrogens is 260 g/mol. The van der Waals surface area contributed by atoms with Crippen molar-refractivity contribution in [3.8, 4) is 0 Å². The molecule has 2 unspecified atom stereocenters. The van der Waals surface area contributed by atoms with E-state index in [2.05, 4.69) is 5.32 Å². The molecule has 0 aliphatic heterocycles. The summed E-state index contributed by atoms with van der Waals surface area (Å²) < 4.78 is 4.78. The minimum Gasteiger partial charge on any atom is -0.468 e. The molecular formula is C14H20N2O4. The Morgan fingerprint density at radius 1 is 1.40 bits per heavy atom. The maximum atomic E-state index is 11.7. The average molecular weight is 280 g/mol. The number of hydrogen-bond acceptors (Lipinski definition) is 5. The van der Waals surface area contributed by atoms with Crippen molar-refractivity contribution in [1.29, 1.82) is 0 Å². The summed E-state index contributed by atoms with van der Waals surface area (Å²) in [7, 11) is 1.37. The van der Waals surface area contributed by atoms with Crippen LogP contribution in [0.5, 0.6) is 0 Å². The number of carbonyl (C=O) groups excluding carboxylic acids is 1. The molecule has 0 amide bonds. The molecule has 1 N–H and O–H groups in total. The third-order valence-corrected chi connectivity index (χ3v) is 3.34. The summed E-state index contributed by atoms with van der Waals surface area (Å²) in [6.45, 7) is 4.45. The minimum absolute atomic E-state index is 0.0557. The predicted molar refractivity (Wildman–Crippen MR) is 75.2 cm³/mol. The van der Waals surface area contributed by atoms with Gasteiger partial charge in [0.15, 0.2) is 0 Å². The molecule has 0 heterocycles. The molecule has 110 valence electrons. The van der Waals surface area contributed by atoms with Crippen molar-refractivity contribution in [3.05, 3.63) is 39.9 Å². The molecule has 2 atom stereocenters. The lowest BCUT2D eigenvalue weighted by Crippen LogP contribution is -2.42. The Morgan fingerprint density at radius 2 is 2.00 bits per heavy atom. The van der Waals surface area contributed by atoms with Crippen molar-refractivity contribution < 1.29 is 14.5 Å². The summed E-state index contributed by atoms with van der Waals surface area (Å²) in [6, 6.07) is 5.88. The number of benzene rings is 1. The second-order valence-corrected chi connectivity index (χ2v) is 4.69. The first-order valence-electron chi connectivity index (χ1n) is 6.54. The van der Waals surface area contributed by atoms with Crippen LogP contribution in [0.4, 0.5) is 5.69 Å². The summed E-state index contributed by atoms with van der Waals surface area (Å²) in [5, 5.41) is 13.7. The largest absolute Gasteiger partial charge is 0.468 e. The SMILES string of the molecule is CCC(C)C(NCc1ccc([N+](=O)[O-])cc1)C(=O)OC. The van der Waals surface area contributed by atoms with E-state index in [4.69, 9.17) is 4.74 Å². The van der Waals surface area contributed by atoms with E-state index >= 15 is 0 Å². The Hall–Kier alpha value is -1.95. The van der Waals surface area contributed by atoms with E-state index in [-0.39, 0.29) is 23.6 Å². The number of nitrogens with zero attached hydrogens (tertiary/aromatic N) is 1. The number of ether oxygens (including phenoxy) is 1. The Balaban J connectivity index is 2.67. The zero-order valence-corrected chi connectivity index (χ0v) is 12.0. The second kappa shape index (κ2) is 7.59. The highest BCUT2D eigenvalue weighted by Crippen LogP contribution is 2.13. The van der Waals surface area contributed by atoms with Crippen LogP contribution >= 0.6 is 0 Å². The lowest BCUT2D eigenvalue weighted by Gasteiger charge is -2.21. The number of rotatable bonds is 7. The van der Waals surface area contributed by atoms with Crippen LogP contribution in [0.1, 0.15) is 25.8 Å². The van der Waals surface area contributed by atoms with Crippen LogP contribution in [-0.4, -0.2) is 24.0 Å². The molecule has 6 nitrogen and oxygen atoms in total. The van der Waals surface area contributed by atoms with Crippen molar-refractivity contribution in [3.63, 3.8) is 0 Å². The highest BCUT2D eigenvalue weighted by atomic mass is 16.6. The van der Waals surface area contributed by atoms with Gasteiger partial charge in [0.1, 0.15) is 6.04 Å². The molecule has 0 saturated carbocycles. The lowest BCUT2D eigenvalue weighted by atomic mass is 9.99. The normalized spacial score (nSPS) is 13.6. The molecule has 0 radical (unpaired) electrons. The fourth-order valence-corrected chi connectivity index (χ4v) is 1.84. The molecule has 0 aliphatic rings. The number of nitro benzene ring substituents is 1. The summed E-state index contributed by atoms with van der Waals surface area (Å²) in [6.07, 6.45) is 0.854. The maximum absolute atomic E-state index is 11.7. The monoisotopic (exact) mass is 280 g/mol. The number of esters is 1. The van der Waals surface area contributed by atoms with Crippen LogP contribution in [0.3, 0.4) is 0 Å². The molecule has 0 aliphatic carbocycles. The van der Waals surface area contributed by atoms with Crippen molar-refractivity contribution in [2.24, 2.45) is 5.92 Å². The number of carbonyl (C=O) groups is 1. The van der Waals surface area contributed by atoms with Crippen molar-refractivity contribution in [2.45, 2.75) is 32.9 Å². The van der Waals surface area contributed by atoms with E-state index in [1.807, 2.05) is 13.8 Å². The molecule has 1 aromatic carbocycles. The van der Waals surface area contributed by atoms with Gasteiger partial charge in [-0.1, -0.05) is 32.4 Å². The average Bonchev–Trinajstić information content (AvgIpc) is 2.47. The van der Waals surface area contributed by atoms with E-state index in [1.165, 1.54) is 19.2 Å². The van der Waals surface area contributed by atoms with Gasteiger partial charge in [0.25, 0.3) is 5.69 Å². The van der Waals surface area contributed by atoms with Crippen LogP contribution in [0, 0.1) is 16.0 Å². The Labute approximate surface area is 118 Å². The minimum atomic E-state index is -0.437. The van der Waals surface area contributed by atoms with Gasteiger partial charge in [-0.2, -0.15) is 0 Å². The zero-order valence-electron chi connectivity index (χ0n) is 12.0. The topological polar surface area (TPSA) is 81.5 Å². The molecule has 1 rings (SSSR count). The van der Waals surface area contributed by atoms with Gasteiger partial charge in [0.2, 0.25) is 0 Å². The Morgan fingerprint density at radius 3 is 2.45 bits per heavy atom. The summed E-state index contributed by atoms with van der Waals surface area (Å²) >= 11 is 0. The fraction of sp³-hybridized carbons (Fsp3) is 0.500. The predicted octanol–water partition coefficient (Wildman–Crippen LogP) is 2.27. The quantitative estimate of drug-likeness (QED) is 0.470. The molecule has 0 spiro atoms. The van der Waals surface area contributed by atoms with Crippen LogP contribution in [0.15, 0.2) is 24.3 Å². The van der Waals surface area contributed by atoms with Crippen LogP contribution in [0.25, 0.3) is 0 Å².